The lowest BCUT2D eigenvalue weighted by Gasteiger charge is -2.38. The van der Waals surface area contributed by atoms with Gasteiger partial charge in [-0.15, -0.1) is 0 Å². The fourth-order valence-corrected chi connectivity index (χ4v) is 5.10. The molecule has 1 amide bonds. The first-order valence-corrected chi connectivity index (χ1v) is 11.1. The number of fused-ring (bicyclic) bond motifs is 1. The number of aliphatic imine (C=N–C) groups is 1. The first-order chi connectivity index (χ1) is 14.6. The highest BCUT2D eigenvalue weighted by molar-refractivity contribution is 5.95. The molecule has 4 atom stereocenters. The third kappa shape index (κ3) is 3.90. The van der Waals surface area contributed by atoms with Crippen LogP contribution in [0.1, 0.15) is 37.8 Å². The van der Waals surface area contributed by atoms with Gasteiger partial charge >= 0.3 is 0 Å². The van der Waals surface area contributed by atoms with Crippen molar-refractivity contribution >= 4 is 28.8 Å². The van der Waals surface area contributed by atoms with E-state index in [4.69, 9.17) is 0 Å². The molecule has 7 nitrogen and oxygen atoms in total. The SMILES string of the molecule is CC1CC(C(=O)NC2CCCN(C)C2)CN(c2ccc(C3C=N3)c3nccnc23)C1. The molecule has 0 aliphatic carbocycles. The molecule has 2 fully saturated rings. The lowest BCUT2D eigenvalue weighted by Crippen LogP contribution is -2.51. The van der Waals surface area contributed by atoms with Crippen LogP contribution < -0.4 is 10.2 Å². The van der Waals surface area contributed by atoms with Crippen LogP contribution >= 0.6 is 0 Å². The molecule has 0 bridgehead atoms. The Hall–Kier alpha value is -2.54. The van der Waals surface area contributed by atoms with E-state index in [0.717, 1.165) is 67.7 Å². The highest BCUT2D eigenvalue weighted by Gasteiger charge is 2.33. The van der Waals surface area contributed by atoms with E-state index in [-0.39, 0.29) is 23.9 Å². The molecule has 30 heavy (non-hydrogen) atoms. The van der Waals surface area contributed by atoms with Crippen LogP contribution in [0.15, 0.2) is 29.5 Å². The van der Waals surface area contributed by atoms with Gasteiger partial charge in [0.2, 0.25) is 5.91 Å². The monoisotopic (exact) mass is 406 g/mol. The van der Waals surface area contributed by atoms with Gasteiger partial charge in [-0.2, -0.15) is 0 Å². The molecule has 1 aromatic carbocycles. The summed E-state index contributed by atoms with van der Waals surface area (Å²) >= 11 is 0. The number of nitrogens with one attached hydrogen (secondary N) is 1. The largest absolute Gasteiger partial charge is 0.369 e. The van der Waals surface area contributed by atoms with Crippen LogP contribution in [-0.4, -0.2) is 66.3 Å². The van der Waals surface area contributed by atoms with E-state index in [2.05, 4.69) is 56.2 Å². The van der Waals surface area contributed by atoms with Crippen LogP contribution in [0.2, 0.25) is 0 Å². The number of benzene rings is 1. The molecule has 3 aliphatic heterocycles. The van der Waals surface area contributed by atoms with E-state index >= 15 is 0 Å². The van der Waals surface area contributed by atoms with Gasteiger partial charge in [-0.1, -0.05) is 13.0 Å². The number of piperidine rings is 2. The third-order valence-corrected chi connectivity index (χ3v) is 6.59. The molecule has 4 unspecified atom stereocenters. The number of nitrogens with zero attached hydrogens (tertiary/aromatic N) is 5. The normalized spacial score (nSPS) is 29.2. The van der Waals surface area contributed by atoms with Crippen LogP contribution in [0.3, 0.4) is 0 Å². The standard InChI is InChI=1S/C23H30N6O/c1-15-10-16(23(30)27-17-4-3-9-28(2)14-17)13-29(12-15)20-6-5-18(19-11-26-19)21-22(20)25-8-7-24-21/h5-8,11,15-17,19H,3-4,9-10,12-14H2,1-2H3,(H,27,30). The number of likely N-dealkylation sites (N-methyl/N-ethyl adjacent to an activating group) is 1. The maximum atomic E-state index is 13.1. The third-order valence-electron chi connectivity index (χ3n) is 6.59. The van der Waals surface area contributed by atoms with Gasteiger partial charge < -0.3 is 15.1 Å². The van der Waals surface area contributed by atoms with Gasteiger partial charge in [-0.3, -0.25) is 19.8 Å². The van der Waals surface area contributed by atoms with E-state index in [9.17, 15) is 4.79 Å². The van der Waals surface area contributed by atoms with Gasteiger partial charge in [0.1, 0.15) is 11.6 Å². The quantitative estimate of drug-likeness (QED) is 0.844. The predicted molar refractivity (Wildman–Crippen MR) is 119 cm³/mol. The predicted octanol–water partition coefficient (Wildman–Crippen LogP) is 2.43. The van der Waals surface area contributed by atoms with Crippen LogP contribution in [-0.2, 0) is 4.79 Å². The average Bonchev–Trinajstić information content (AvgIpc) is 3.58. The molecule has 3 aliphatic rings. The van der Waals surface area contributed by atoms with Gasteiger partial charge in [0.15, 0.2) is 0 Å². The molecule has 2 saturated heterocycles. The number of likely N-dealkylation sites (tertiary alicyclic amines) is 1. The Morgan fingerprint density at radius 2 is 1.93 bits per heavy atom. The second kappa shape index (κ2) is 7.95. The van der Waals surface area contributed by atoms with Crippen molar-refractivity contribution in [3.63, 3.8) is 0 Å². The summed E-state index contributed by atoms with van der Waals surface area (Å²) in [5, 5.41) is 3.33. The maximum Gasteiger partial charge on any atom is 0.225 e. The average molecular weight is 407 g/mol. The fraction of sp³-hybridized carbons (Fsp3) is 0.565. The molecule has 158 valence electrons. The van der Waals surface area contributed by atoms with Crippen molar-refractivity contribution < 1.29 is 4.79 Å². The van der Waals surface area contributed by atoms with Gasteiger partial charge in [0.25, 0.3) is 0 Å². The first-order valence-electron chi connectivity index (χ1n) is 11.1. The van der Waals surface area contributed by atoms with Gasteiger partial charge in [-0.05, 0) is 44.8 Å². The number of aromatic nitrogens is 2. The second-order valence-electron chi connectivity index (χ2n) is 9.22. The first kappa shape index (κ1) is 19.4. The zero-order valence-corrected chi connectivity index (χ0v) is 17.8. The minimum Gasteiger partial charge on any atom is -0.369 e. The van der Waals surface area contributed by atoms with Crippen molar-refractivity contribution in [2.75, 3.05) is 38.1 Å². The highest BCUT2D eigenvalue weighted by atomic mass is 16.2. The summed E-state index contributed by atoms with van der Waals surface area (Å²) in [6, 6.07) is 4.67. The fourth-order valence-electron chi connectivity index (χ4n) is 5.10. The zero-order valence-electron chi connectivity index (χ0n) is 17.8. The number of hydrogen-bond donors (Lipinski definition) is 1. The Balaban J connectivity index is 1.36. The van der Waals surface area contributed by atoms with Crippen LogP contribution in [0.4, 0.5) is 5.69 Å². The van der Waals surface area contributed by atoms with Crippen molar-refractivity contribution in [2.45, 2.75) is 38.3 Å². The summed E-state index contributed by atoms with van der Waals surface area (Å²) in [4.78, 5) is 31.3. The Bertz CT molecular complexity index is 969. The molecule has 0 spiro atoms. The van der Waals surface area contributed by atoms with E-state index < -0.39 is 0 Å². The summed E-state index contributed by atoms with van der Waals surface area (Å²) in [6.07, 6.45) is 8.59. The van der Waals surface area contributed by atoms with Crippen molar-refractivity contribution in [3.8, 4) is 0 Å². The van der Waals surface area contributed by atoms with E-state index in [1.54, 1.807) is 12.4 Å². The minimum absolute atomic E-state index is 0.000791. The molecule has 0 saturated carbocycles. The van der Waals surface area contributed by atoms with Crippen molar-refractivity contribution in [1.82, 2.24) is 20.2 Å². The number of hydrogen-bond acceptors (Lipinski definition) is 6. The van der Waals surface area contributed by atoms with E-state index in [1.165, 1.54) is 0 Å². The molecule has 4 heterocycles. The number of amides is 1. The zero-order chi connectivity index (χ0) is 20.7. The van der Waals surface area contributed by atoms with Crippen LogP contribution in [0, 0.1) is 11.8 Å². The summed E-state index contributed by atoms with van der Waals surface area (Å²) in [5.74, 6) is 0.645. The number of anilines is 1. The minimum atomic E-state index is -0.000791. The number of rotatable bonds is 4. The maximum absolute atomic E-state index is 13.1. The summed E-state index contributed by atoms with van der Waals surface area (Å²) in [6.45, 7) is 5.96. The highest BCUT2D eigenvalue weighted by Crippen LogP contribution is 2.36. The smallest absolute Gasteiger partial charge is 0.225 e. The lowest BCUT2D eigenvalue weighted by atomic mass is 9.88. The summed E-state index contributed by atoms with van der Waals surface area (Å²) < 4.78 is 0. The Labute approximate surface area is 177 Å². The van der Waals surface area contributed by atoms with Gasteiger partial charge in [0, 0.05) is 49.8 Å². The number of carbonyl (C=O) groups excluding carboxylic acids is 1. The molecule has 7 heteroatoms. The molecular weight excluding hydrogens is 376 g/mol. The number of carbonyl (C=O) groups is 1. The van der Waals surface area contributed by atoms with Crippen molar-refractivity contribution in [1.29, 1.82) is 0 Å². The van der Waals surface area contributed by atoms with E-state index in [0.29, 0.717) is 5.92 Å². The topological polar surface area (TPSA) is 73.7 Å². The summed E-state index contributed by atoms with van der Waals surface area (Å²) in [7, 11) is 2.13. The van der Waals surface area contributed by atoms with Gasteiger partial charge in [-0.25, -0.2) is 0 Å². The molecule has 1 aromatic heterocycles. The lowest BCUT2D eigenvalue weighted by molar-refractivity contribution is -0.126. The van der Waals surface area contributed by atoms with Crippen molar-refractivity contribution in [3.05, 3.63) is 30.1 Å². The van der Waals surface area contributed by atoms with E-state index in [1.807, 2.05) is 6.21 Å². The second-order valence-corrected chi connectivity index (χ2v) is 9.22. The molecule has 5 rings (SSSR count). The Morgan fingerprint density at radius 1 is 1.13 bits per heavy atom. The van der Waals surface area contributed by atoms with Gasteiger partial charge in [0.05, 0.1) is 17.1 Å². The molecule has 1 N–H and O–H groups in total. The molecule has 0 radical (unpaired) electrons. The van der Waals surface area contributed by atoms with Crippen LogP contribution in [0.25, 0.3) is 11.0 Å². The van der Waals surface area contributed by atoms with Crippen molar-refractivity contribution in [2.24, 2.45) is 16.8 Å². The Morgan fingerprint density at radius 3 is 2.70 bits per heavy atom. The molecule has 2 aromatic rings. The van der Waals surface area contributed by atoms with Crippen LogP contribution in [0.5, 0.6) is 0 Å². The Kier molecular flexibility index (Phi) is 5.15. The summed E-state index contributed by atoms with van der Waals surface area (Å²) in [5.41, 5.74) is 4.02. The molecular formula is C23H30N6O.